The van der Waals surface area contributed by atoms with Crippen LogP contribution in [0.5, 0.6) is 0 Å². The molecule has 0 bridgehead atoms. The molecule has 0 aromatic heterocycles. The molecule has 1 amide bonds. The van der Waals surface area contributed by atoms with Crippen molar-refractivity contribution in [2.75, 3.05) is 19.6 Å². The Morgan fingerprint density at radius 2 is 1.62 bits per heavy atom. The number of nitrogens with zero attached hydrogens (tertiary/aromatic N) is 1. The van der Waals surface area contributed by atoms with Gasteiger partial charge in [-0.1, -0.05) is 29.8 Å². The number of carbonyl (C=O) groups excluding carboxylic acids is 1. The van der Waals surface area contributed by atoms with Crippen molar-refractivity contribution in [1.82, 2.24) is 14.3 Å². The van der Waals surface area contributed by atoms with Crippen molar-refractivity contribution in [3.63, 3.8) is 0 Å². The second-order valence-electron chi connectivity index (χ2n) is 8.04. The summed E-state index contributed by atoms with van der Waals surface area (Å²) in [6, 6.07) is 10.9. The lowest BCUT2D eigenvalue weighted by molar-refractivity contribution is -0.124. The summed E-state index contributed by atoms with van der Waals surface area (Å²) in [7, 11) is -7.50. The van der Waals surface area contributed by atoms with Crippen molar-refractivity contribution in [2.45, 2.75) is 49.4 Å². The first-order valence-electron chi connectivity index (χ1n) is 10.5. The Morgan fingerprint density at radius 1 is 0.969 bits per heavy atom. The van der Waals surface area contributed by atoms with Gasteiger partial charge in [0.2, 0.25) is 26.0 Å². The molecule has 174 valence electrons. The first kappa shape index (κ1) is 24.4. The van der Waals surface area contributed by atoms with Crippen molar-refractivity contribution in [1.29, 1.82) is 0 Å². The second-order valence-corrected chi connectivity index (χ2v) is 11.7. The lowest BCUT2D eigenvalue weighted by atomic mass is 10.2. The summed E-state index contributed by atoms with van der Waals surface area (Å²) >= 11 is 0. The van der Waals surface area contributed by atoms with Gasteiger partial charge in [-0.05, 0) is 62.9 Å². The van der Waals surface area contributed by atoms with E-state index in [2.05, 4.69) is 10.0 Å². The van der Waals surface area contributed by atoms with Crippen molar-refractivity contribution in [3.05, 3.63) is 59.2 Å². The minimum absolute atomic E-state index is 0.00110. The highest BCUT2D eigenvalue weighted by Crippen LogP contribution is 2.26. The second kappa shape index (κ2) is 9.70. The molecule has 1 saturated heterocycles. The molecule has 0 spiro atoms. The first-order chi connectivity index (χ1) is 15.0. The van der Waals surface area contributed by atoms with Gasteiger partial charge in [-0.3, -0.25) is 4.79 Å². The minimum atomic E-state index is -3.79. The van der Waals surface area contributed by atoms with E-state index < -0.39 is 32.0 Å². The number of nitrogens with one attached hydrogen (secondary N) is 2. The maximum atomic E-state index is 13.0. The summed E-state index contributed by atoms with van der Waals surface area (Å²) in [6.07, 6.45) is 1.01. The molecular formula is C22H29N3O5S2. The number of rotatable bonds is 8. The molecule has 10 heteroatoms. The highest BCUT2D eigenvalue weighted by Gasteiger charge is 2.39. The highest BCUT2D eigenvalue weighted by molar-refractivity contribution is 7.89. The van der Waals surface area contributed by atoms with Crippen LogP contribution in [0.1, 0.15) is 29.5 Å². The molecule has 0 unspecified atom stereocenters. The third-order valence-electron chi connectivity index (χ3n) is 5.48. The zero-order valence-electron chi connectivity index (χ0n) is 18.5. The van der Waals surface area contributed by atoms with Gasteiger partial charge in [-0.15, -0.1) is 0 Å². The van der Waals surface area contributed by atoms with E-state index in [1.165, 1.54) is 4.31 Å². The molecule has 3 rings (SSSR count). The van der Waals surface area contributed by atoms with Crippen molar-refractivity contribution < 1.29 is 21.6 Å². The monoisotopic (exact) mass is 479 g/mol. The van der Waals surface area contributed by atoms with Gasteiger partial charge in [0.1, 0.15) is 6.04 Å². The molecule has 0 saturated carbocycles. The third kappa shape index (κ3) is 5.37. The fourth-order valence-corrected chi connectivity index (χ4v) is 6.71. The van der Waals surface area contributed by atoms with Crippen LogP contribution in [0.15, 0.2) is 52.3 Å². The van der Waals surface area contributed by atoms with Gasteiger partial charge in [-0.2, -0.15) is 4.31 Å². The number of benzene rings is 2. The van der Waals surface area contributed by atoms with Crippen molar-refractivity contribution in [2.24, 2.45) is 0 Å². The summed E-state index contributed by atoms with van der Waals surface area (Å²) in [5.41, 5.74) is 2.42. The zero-order valence-corrected chi connectivity index (χ0v) is 20.1. The van der Waals surface area contributed by atoms with E-state index in [-0.39, 0.29) is 29.4 Å². The third-order valence-corrected chi connectivity index (χ3v) is 9.01. The van der Waals surface area contributed by atoms with Crippen molar-refractivity contribution in [3.8, 4) is 0 Å². The van der Waals surface area contributed by atoms with E-state index in [1.807, 2.05) is 19.9 Å². The van der Waals surface area contributed by atoms with Crippen LogP contribution in [0.4, 0.5) is 0 Å². The number of hydrogen-bond acceptors (Lipinski definition) is 5. The standard InChI is InChI=1S/C22H29N3O5S2/c1-16-7-10-19(11-8-16)32(29,30)25-14-4-5-20(25)22(26)23-12-13-24-31(27,28)21-15-17(2)6-9-18(21)3/h6-11,15,20,24H,4-5,12-14H2,1-3H3,(H,23,26)/t20-/m0/s1. The molecule has 1 fully saturated rings. The van der Waals surface area contributed by atoms with E-state index in [0.717, 1.165) is 11.1 Å². The van der Waals surface area contributed by atoms with Crippen LogP contribution in [0.25, 0.3) is 0 Å². The smallest absolute Gasteiger partial charge is 0.243 e. The summed E-state index contributed by atoms with van der Waals surface area (Å²) in [5.74, 6) is -0.427. The fourth-order valence-electron chi connectivity index (χ4n) is 3.70. The van der Waals surface area contributed by atoms with E-state index >= 15 is 0 Å². The molecule has 2 N–H and O–H groups in total. The molecule has 1 aliphatic rings. The predicted octanol–water partition coefficient (Wildman–Crippen LogP) is 1.86. The normalized spacial score (nSPS) is 17.4. The molecule has 1 heterocycles. The Labute approximate surface area is 190 Å². The number of hydrogen-bond donors (Lipinski definition) is 2. The van der Waals surface area contributed by atoms with Gasteiger partial charge < -0.3 is 5.32 Å². The average molecular weight is 480 g/mol. The van der Waals surface area contributed by atoms with E-state index in [4.69, 9.17) is 0 Å². The van der Waals surface area contributed by atoms with Crippen LogP contribution in [0.2, 0.25) is 0 Å². The number of aryl methyl sites for hydroxylation is 3. The quantitative estimate of drug-likeness (QED) is 0.561. The molecule has 1 atom stereocenters. The molecule has 0 radical (unpaired) electrons. The lowest BCUT2D eigenvalue weighted by Gasteiger charge is -2.23. The van der Waals surface area contributed by atoms with Crippen LogP contribution in [-0.4, -0.2) is 52.7 Å². The predicted molar refractivity (Wildman–Crippen MR) is 122 cm³/mol. The van der Waals surface area contributed by atoms with Gasteiger partial charge in [0, 0.05) is 19.6 Å². The van der Waals surface area contributed by atoms with Gasteiger partial charge >= 0.3 is 0 Å². The summed E-state index contributed by atoms with van der Waals surface area (Å²) < 4.78 is 54.8. The van der Waals surface area contributed by atoms with Crippen LogP contribution in [0, 0.1) is 20.8 Å². The van der Waals surface area contributed by atoms with Crippen LogP contribution in [-0.2, 0) is 24.8 Å². The fraction of sp³-hybridized carbons (Fsp3) is 0.409. The van der Waals surface area contributed by atoms with Gasteiger partial charge in [-0.25, -0.2) is 21.6 Å². The van der Waals surface area contributed by atoms with E-state index in [1.54, 1.807) is 43.3 Å². The Hall–Kier alpha value is -2.27. The van der Waals surface area contributed by atoms with Crippen LogP contribution in [0.3, 0.4) is 0 Å². The Balaban J connectivity index is 1.60. The molecule has 32 heavy (non-hydrogen) atoms. The van der Waals surface area contributed by atoms with Crippen molar-refractivity contribution >= 4 is 26.0 Å². The number of sulfonamides is 2. The van der Waals surface area contributed by atoms with Gasteiger partial charge in [0.25, 0.3) is 0 Å². The SMILES string of the molecule is Cc1ccc(S(=O)(=O)N2CCC[C@H]2C(=O)NCCNS(=O)(=O)c2cc(C)ccc2C)cc1. The number of carbonyl (C=O) groups is 1. The molecular weight excluding hydrogens is 450 g/mol. The zero-order chi connectivity index (χ0) is 23.5. The van der Waals surface area contributed by atoms with Crippen LogP contribution >= 0.6 is 0 Å². The molecule has 0 aliphatic carbocycles. The Kier molecular flexibility index (Phi) is 7.39. The largest absolute Gasteiger partial charge is 0.353 e. The maximum Gasteiger partial charge on any atom is 0.243 e. The van der Waals surface area contributed by atoms with E-state index in [0.29, 0.717) is 18.4 Å². The minimum Gasteiger partial charge on any atom is -0.353 e. The molecule has 2 aromatic rings. The summed E-state index contributed by atoms with van der Waals surface area (Å²) in [4.78, 5) is 13.0. The summed E-state index contributed by atoms with van der Waals surface area (Å²) in [6.45, 7) is 5.73. The van der Waals surface area contributed by atoms with E-state index in [9.17, 15) is 21.6 Å². The molecule has 1 aliphatic heterocycles. The molecule has 8 nitrogen and oxygen atoms in total. The topological polar surface area (TPSA) is 113 Å². The van der Waals surface area contributed by atoms with Gasteiger partial charge in [0.15, 0.2) is 0 Å². The Morgan fingerprint density at radius 3 is 2.31 bits per heavy atom. The number of amides is 1. The highest BCUT2D eigenvalue weighted by atomic mass is 32.2. The Bertz CT molecular complexity index is 1190. The lowest BCUT2D eigenvalue weighted by Crippen LogP contribution is -2.47. The average Bonchev–Trinajstić information content (AvgIpc) is 3.24. The van der Waals surface area contributed by atoms with Crippen LogP contribution < -0.4 is 10.0 Å². The maximum absolute atomic E-state index is 13.0. The van der Waals surface area contributed by atoms with Gasteiger partial charge in [0.05, 0.1) is 9.79 Å². The first-order valence-corrected chi connectivity index (χ1v) is 13.4. The summed E-state index contributed by atoms with van der Waals surface area (Å²) in [5, 5.41) is 2.67. The molecule has 2 aromatic carbocycles.